The summed E-state index contributed by atoms with van der Waals surface area (Å²) in [6.45, 7) is 9.32. The van der Waals surface area contributed by atoms with Crippen molar-refractivity contribution in [2.45, 2.75) is 33.1 Å². The maximum absolute atomic E-state index is 12.9. The Morgan fingerprint density at radius 2 is 1.73 bits per heavy atom. The van der Waals surface area contributed by atoms with E-state index in [-0.39, 0.29) is 6.61 Å². The lowest BCUT2D eigenvalue weighted by Gasteiger charge is -2.37. The Bertz CT molecular complexity index is 862. The van der Waals surface area contributed by atoms with Crippen molar-refractivity contribution in [3.8, 4) is 5.75 Å². The van der Waals surface area contributed by atoms with Gasteiger partial charge in [-0.1, -0.05) is 12.1 Å². The minimum Gasteiger partial charge on any atom is -0.491 e. The monoisotopic (exact) mass is 422 g/mol. The molecule has 0 unspecified atom stereocenters. The van der Waals surface area contributed by atoms with Crippen LogP contribution in [0.15, 0.2) is 36.4 Å². The minimum atomic E-state index is -4.34. The zero-order valence-electron chi connectivity index (χ0n) is 17.7. The molecule has 1 aliphatic heterocycles. The maximum Gasteiger partial charge on any atom is 0.416 e. The van der Waals surface area contributed by atoms with E-state index in [1.54, 1.807) is 6.07 Å². The van der Waals surface area contributed by atoms with Gasteiger partial charge in [0.25, 0.3) is 0 Å². The lowest BCUT2D eigenvalue weighted by molar-refractivity contribution is -0.137. The van der Waals surface area contributed by atoms with Gasteiger partial charge in [0.2, 0.25) is 0 Å². The van der Waals surface area contributed by atoms with Crippen LogP contribution >= 0.6 is 0 Å². The molecule has 0 aromatic heterocycles. The summed E-state index contributed by atoms with van der Waals surface area (Å²) in [5, 5.41) is 10.4. The van der Waals surface area contributed by atoms with E-state index in [0.29, 0.717) is 38.4 Å². The van der Waals surface area contributed by atoms with Crippen LogP contribution in [0, 0.1) is 20.8 Å². The van der Waals surface area contributed by atoms with E-state index in [2.05, 4.69) is 11.0 Å². The predicted molar refractivity (Wildman–Crippen MR) is 112 cm³/mol. The number of nitrogens with zero attached hydrogens (tertiary/aromatic N) is 2. The number of rotatable bonds is 6. The molecular weight excluding hydrogens is 393 g/mol. The van der Waals surface area contributed by atoms with Gasteiger partial charge < -0.3 is 14.7 Å². The van der Waals surface area contributed by atoms with Gasteiger partial charge >= 0.3 is 6.18 Å². The molecule has 2 aromatic carbocycles. The molecule has 0 amide bonds. The highest BCUT2D eigenvalue weighted by Gasteiger charge is 2.31. The fourth-order valence-corrected chi connectivity index (χ4v) is 3.76. The van der Waals surface area contributed by atoms with Crippen LogP contribution in [0.25, 0.3) is 0 Å². The summed E-state index contributed by atoms with van der Waals surface area (Å²) in [6, 6.07) is 9.52. The first kappa shape index (κ1) is 22.4. The second-order valence-electron chi connectivity index (χ2n) is 8.01. The molecule has 2 aromatic rings. The number of hydrogen-bond donors (Lipinski definition) is 1. The molecule has 1 fully saturated rings. The third kappa shape index (κ3) is 5.67. The number of benzene rings is 2. The third-order valence-electron chi connectivity index (χ3n) is 5.58. The Morgan fingerprint density at radius 1 is 1.03 bits per heavy atom. The van der Waals surface area contributed by atoms with Crippen molar-refractivity contribution in [1.82, 2.24) is 4.90 Å². The average Bonchev–Trinajstić information content (AvgIpc) is 2.69. The number of halogens is 3. The van der Waals surface area contributed by atoms with Crippen molar-refractivity contribution < 1.29 is 23.0 Å². The molecule has 4 nitrogen and oxygen atoms in total. The summed E-state index contributed by atoms with van der Waals surface area (Å²) in [5.74, 6) is 0.793. The van der Waals surface area contributed by atoms with Crippen molar-refractivity contribution >= 4 is 5.69 Å². The molecular formula is C23H29F3N2O2. The first-order valence-electron chi connectivity index (χ1n) is 10.2. The van der Waals surface area contributed by atoms with Crippen LogP contribution < -0.4 is 9.64 Å². The van der Waals surface area contributed by atoms with Gasteiger partial charge in [-0.3, -0.25) is 4.90 Å². The molecule has 1 aliphatic rings. The van der Waals surface area contributed by atoms with Crippen LogP contribution in [0.4, 0.5) is 18.9 Å². The van der Waals surface area contributed by atoms with Crippen LogP contribution in [-0.4, -0.2) is 55.4 Å². The van der Waals surface area contributed by atoms with E-state index in [0.717, 1.165) is 28.5 Å². The second-order valence-corrected chi connectivity index (χ2v) is 8.01. The molecule has 1 heterocycles. The number of ether oxygens (including phenoxy) is 1. The highest BCUT2D eigenvalue weighted by atomic mass is 19.4. The average molecular weight is 422 g/mol. The largest absolute Gasteiger partial charge is 0.491 e. The molecule has 0 saturated carbocycles. The van der Waals surface area contributed by atoms with E-state index in [1.807, 2.05) is 31.7 Å². The number of hydrogen-bond acceptors (Lipinski definition) is 4. The maximum atomic E-state index is 12.9. The van der Waals surface area contributed by atoms with Crippen molar-refractivity contribution in [3.05, 3.63) is 58.7 Å². The van der Waals surface area contributed by atoms with Gasteiger partial charge in [0.15, 0.2) is 0 Å². The fourth-order valence-electron chi connectivity index (χ4n) is 3.76. The SMILES string of the molecule is Cc1cc(C)c(C)c(OC[C@H](O)CN2CCN(c3cccc(C(F)(F)F)c3)CC2)c1. The van der Waals surface area contributed by atoms with Crippen molar-refractivity contribution in [1.29, 1.82) is 0 Å². The van der Waals surface area contributed by atoms with E-state index >= 15 is 0 Å². The van der Waals surface area contributed by atoms with Gasteiger partial charge in [-0.2, -0.15) is 13.2 Å². The molecule has 164 valence electrons. The number of aliphatic hydroxyl groups excluding tert-OH is 1. The van der Waals surface area contributed by atoms with Crippen LogP contribution in [-0.2, 0) is 6.18 Å². The molecule has 1 atom stereocenters. The zero-order chi connectivity index (χ0) is 21.9. The van der Waals surface area contributed by atoms with Gasteiger partial charge in [0.1, 0.15) is 18.5 Å². The molecule has 0 bridgehead atoms. The topological polar surface area (TPSA) is 35.9 Å². The van der Waals surface area contributed by atoms with Crippen molar-refractivity contribution in [3.63, 3.8) is 0 Å². The number of β-amino-alcohol motifs (C(OH)–C–C–N with tert-alkyl or cyclic N) is 1. The van der Waals surface area contributed by atoms with Crippen LogP contribution in [0.5, 0.6) is 5.75 Å². The number of alkyl halides is 3. The minimum absolute atomic E-state index is 0.206. The molecule has 1 saturated heterocycles. The number of anilines is 1. The molecule has 1 N–H and O–H groups in total. The van der Waals surface area contributed by atoms with Crippen molar-refractivity contribution in [2.24, 2.45) is 0 Å². The summed E-state index contributed by atoms with van der Waals surface area (Å²) in [6.07, 6.45) is -4.97. The summed E-state index contributed by atoms with van der Waals surface area (Å²) in [4.78, 5) is 4.07. The number of aliphatic hydroxyl groups is 1. The summed E-state index contributed by atoms with van der Waals surface area (Å²) < 4.78 is 44.7. The lowest BCUT2D eigenvalue weighted by atomic mass is 10.1. The molecule has 30 heavy (non-hydrogen) atoms. The Morgan fingerprint density at radius 3 is 2.40 bits per heavy atom. The van der Waals surface area contributed by atoms with Crippen molar-refractivity contribution in [2.75, 3.05) is 44.2 Å². The second kappa shape index (κ2) is 9.27. The van der Waals surface area contributed by atoms with E-state index < -0.39 is 17.8 Å². The highest BCUT2D eigenvalue weighted by molar-refractivity contribution is 5.49. The quantitative estimate of drug-likeness (QED) is 0.757. The highest BCUT2D eigenvalue weighted by Crippen LogP contribution is 2.32. The van der Waals surface area contributed by atoms with E-state index in [1.165, 1.54) is 12.1 Å². The van der Waals surface area contributed by atoms with Crippen LogP contribution in [0.1, 0.15) is 22.3 Å². The number of aryl methyl sites for hydroxylation is 2. The Kier molecular flexibility index (Phi) is 6.93. The predicted octanol–water partition coefficient (Wildman–Crippen LogP) is 4.19. The van der Waals surface area contributed by atoms with Crippen LogP contribution in [0.3, 0.4) is 0 Å². The molecule has 0 radical (unpaired) electrons. The van der Waals surface area contributed by atoms with Gasteiger partial charge in [-0.25, -0.2) is 0 Å². The summed E-state index contributed by atoms with van der Waals surface area (Å²) in [5.41, 5.74) is 3.30. The van der Waals surface area contributed by atoms with Crippen LogP contribution in [0.2, 0.25) is 0 Å². The molecule has 0 aliphatic carbocycles. The number of piperazine rings is 1. The van der Waals surface area contributed by atoms with Gasteiger partial charge in [-0.05, 0) is 61.7 Å². The first-order valence-corrected chi connectivity index (χ1v) is 10.2. The Balaban J connectivity index is 1.49. The third-order valence-corrected chi connectivity index (χ3v) is 5.58. The summed E-state index contributed by atoms with van der Waals surface area (Å²) >= 11 is 0. The fraction of sp³-hybridized carbons (Fsp3) is 0.478. The first-order chi connectivity index (χ1) is 14.1. The molecule has 3 rings (SSSR count). The normalized spacial score (nSPS) is 16.6. The zero-order valence-corrected chi connectivity index (χ0v) is 17.7. The lowest BCUT2D eigenvalue weighted by Crippen LogP contribution is -2.49. The van der Waals surface area contributed by atoms with Gasteiger partial charge in [0, 0.05) is 38.4 Å². The molecule has 7 heteroatoms. The van der Waals surface area contributed by atoms with Gasteiger partial charge in [0.05, 0.1) is 5.56 Å². The van der Waals surface area contributed by atoms with E-state index in [4.69, 9.17) is 4.74 Å². The standard InChI is InChI=1S/C23H29F3N2O2/c1-16-11-17(2)18(3)22(12-16)30-15-21(29)14-27-7-9-28(10-8-27)20-6-4-5-19(13-20)23(24,25)26/h4-6,11-13,21,29H,7-10,14-15H2,1-3H3/t21-/m1/s1. The Labute approximate surface area is 175 Å². The Hall–Kier alpha value is -2.25. The van der Waals surface area contributed by atoms with Gasteiger partial charge in [-0.15, -0.1) is 0 Å². The molecule has 0 spiro atoms. The summed E-state index contributed by atoms with van der Waals surface area (Å²) in [7, 11) is 0. The van der Waals surface area contributed by atoms with E-state index in [9.17, 15) is 18.3 Å². The smallest absolute Gasteiger partial charge is 0.416 e.